The average Bonchev–Trinajstić information content (AvgIpc) is 2.75. The Morgan fingerprint density at radius 1 is 0.774 bits per heavy atom. The number of aliphatic hydroxyl groups is 1. The zero-order chi connectivity index (χ0) is 21.3. The second-order valence-corrected chi connectivity index (χ2v) is 8.07. The van der Waals surface area contributed by atoms with Crippen LogP contribution in [0.5, 0.6) is 0 Å². The van der Waals surface area contributed by atoms with Gasteiger partial charge in [-0.1, -0.05) is 18.2 Å². The molecule has 0 spiro atoms. The first-order valence-electron chi connectivity index (χ1n) is 10.2. The summed E-state index contributed by atoms with van der Waals surface area (Å²) in [4.78, 5) is 2.04. The summed E-state index contributed by atoms with van der Waals surface area (Å²) in [5.41, 5.74) is 7.51. The van der Waals surface area contributed by atoms with Gasteiger partial charge < -0.3 is 13.9 Å². The van der Waals surface area contributed by atoms with Crippen LogP contribution in [0.1, 0.15) is 6.92 Å². The quantitative estimate of drug-likeness (QED) is 0.125. The highest BCUT2D eigenvalue weighted by Crippen LogP contribution is 2.47. The lowest BCUT2D eigenvalue weighted by atomic mass is 9.92. The molecule has 0 saturated heterocycles. The van der Waals surface area contributed by atoms with Gasteiger partial charge in [0.15, 0.2) is 0 Å². The number of pyridine rings is 1. The standard InChI is InChI=1S/C26H20N2O3/c1-15(29)13-14-22(27(2)3)28-16-7-4-9-18-23(16)26-24-17(28)8-5-10-19(24)31-21-12-6-11-20(30-18)25(21)26/h4-14H,1-3H3/p+1/b15-13+,22-14+. The zero-order valence-corrected chi connectivity index (χ0v) is 17.5. The van der Waals surface area contributed by atoms with Crippen molar-refractivity contribution < 1.29 is 18.5 Å². The molecular formula is C26H21N2O3+. The first-order chi connectivity index (χ1) is 15.0. The topological polar surface area (TPSA) is 53.6 Å². The van der Waals surface area contributed by atoms with Crippen molar-refractivity contribution in [1.82, 2.24) is 4.90 Å². The molecule has 0 amide bonds. The summed E-state index contributed by atoms with van der Waals surface area (Å²) in [7, 11) is 3.99. The lowest BCUT2D eigenvalue weighted by Crippen LogP contribution is -2.41. The zero-order valence-electron chi connectivity index (χ0n) is 17.5. The van der Waals surface area contributed by atoms with Gasteiger partial charge in [-0.3, -0.25) is 4.90 Å². The Balaban J connectivity index is 1.93. The smallest absolute Gasteiger partial charge is 0.281 e. The average molecular weight is 409 g/mol. The maximum atomic E-state index is 9.80. The number of rotatable bonds is 3. The molecule has 0 atom stereocenters. The van der Waals surface area contributed by atoms with Gasteiger partial charge in [-0.15, -0.1) is 0 Å². The van der Waals surface area contributed by atoms with E-state index in [1.165, 1.54) is 0 Å². The fourth-order valence-corrected chi connectivity index (χ4v) is 4.62. The van der Waals surface area contributed by atoms with Crippen molar-refractivity contribution in [1.29, 1.82) is 0 Å². The molecule has 152 valence electrons. The summed E-state index contributed by atoms with van der Waals surface area (Å²) < 4.78 is 14.8. The van der Waals surface area contributed by atoms with Crippen molar-refractivity contribution >= 4 is 50.0 Å². The van der Waals surface area contributed by atoms with E-state index in [1.807, 2.05) is 67.5 Å². The Morgan fingerprint density at radius 3 is 1.81 bits per heavy atom. The van der Waals surface area contributed by atoms with E-state index in [0.29, 0.717) is 0 Å². The number of aliphatic hydroxyl groups excluding tert-OH is 1. The molecule has 0 radical (unpaired) electrons. The Bertz CT molecular complexity index is 1530. The largest absolute Gasteiger partial charge is 0.513 e. The summed E-state index contributed by atoms with van der Waals surface area (Å²) in [6.07, 6.45) is 3.63. The number of benzene rings is 3. The summed E-state index contributed by atoms with van der Waals surface area (Å²) in [6, 6.07) is 18.2. The minimum atomic E-state index is 0.249. The summed E-state index contributed by atoms with van der Waals surface area (Å²) in [5.74, 6) is 1.16. The third-order valence-electron chi connectivity index (χ3n) is 5.83. The molecule has 1 N–H and O–H groups in total. The van der Waals surface area contributed by atoms with Gasteiger partial charge in [0.1, 0.15) is 33.4 Å². The molecule has 2 aliphatic heterocycles. The number of hydrogen-bond donors (Lipinski definition) is 1. The van der Waals surface area contributed by atoms with E-state index in [9.17, 15) is 5.11 Å². The van der Waals surface area contributed by atoms with E-state index < -0.39 is 0 Å². The van der Waals surface area contributed by atoms with Crippen LogP contribution in [0.15, 0.2) is 81.3 Å². The van der Waals surface area contributed by atoms with Gasteiger partial charge in [-0.25, -0.2) is 0 Å². The normalized spacial score (nSPS) is 13.5. The van der Waals surface area contributed by atoms with Crippen LogP contribution in [-0.2, 0) is 0 Å². The fraction of sp³-hybridized carbons (Fsp3) is 0.115. The molecule has 4 aromatic rings. The third kappa shape index (κ3) is 2.40. The Hall–Kier alpha value is -3.99. The molecule has 0 saturated carbocycles. The molecule has 1 aromatic heterocycles. The second-order valence-electron chi connectivity index (χ2n) is 8.07. The van der Waals surface area contributed by atoms with Gasteiger partial charge in [0.25, 0.3) is 5.82 Å². The number of aromatic nitrogens is 1. The monoisotopic (exact) mass is 409 g/mol. The molecule has 0 aliphatic carbocycles. The SMILES string of the molecule is C/C(O)=C\C=C(/N(C)C)[n+]1c2cccc3oc4cccc5oc6cccc1c6c(c32)-c45. The highest BCUT2D eigenvalue weighted by atomic mass is 16.3. The van der Waals surface area contributed by atoms with Crippen LogP contribution < -0.4 is 4.57 Å². The van der Waals surface area contributed by atoms with Crippen LogP contribution in [0.25, 0.3) is 61.1 Å². The molecule has 3 heterocycles. The molecule has 2 aliphatic rings. The Kier molecular flexibility index (Phi) is 3.60. The van der Waals surface area contributed by atoms with Crippen molar-refractivity contribution in [2.45, 2.75) is 6.92 Å². The van der Waals surface area contributed by atoms with Crippen LogP contribution >= 0.6 is 0 Å². The van der Waals surface area contributed by atoms with Gasteiger partial charge in [0, 0.05) is 11.6 Å². The van der Waals surface area contributed by atoms with Crippen LogP contribution in [-0.4, -0.2) is 24.1 Å². The van der Waals surface area contributed by atoms with E-state index in [2.05, 4.69) is 16.7 Å². The highest BCUT2D eigenvalue weighted by Gasteiger charge is 2.30. The molecule has 31 heavy (non-hydrogen) atoms. The van der Waals surface area contributed by atoms with Crippen molar-refractivity contribution in [2.75, 3.05) is 14.1 Å². The third-order valence-corrected chi connectivity index (χ3v) is 5.83. The van der Waals surface area contributed by atoms with Gasteiger partial charge in [-0.05, 0) is 49.4 Å². The van der Waals surface area contributed by atoms with E-state index >= 15 is 0 Å². The number of hydrogen-bond acceptors (Lipinski definition) is 4. The lowest BCUT2D eigenvalue weighted by molar-refractivity contribution is -0.534. The first kappa shape index (κ1) is 17.8. The Morgan fingerprint density at radius 2 is 1.29 bits per heavy atom. The van der Waals surface area contributed by atoms with Crippen LogP contribution in [0, 0.1) is 0 Å². The molecule has 0 unspecified atom stereocenters. The molecule has 3 aromatic carbocycles. The molecule has 0 fully saturated rings. The number of nitrogens with zero attached hydrogens (tertiary/aromatic N) is 2. The summed E-state index contributed by atoms with van der Waals surface area (Å²) >= 11 is 0. The van der Waals surface area contributed by atoms with Gasteiger partial charge in [0.2, 0.25) is 0 Å². The van der Waals surface area contributed by atoms with Gasteiger partial charge in [-0.2, -0.15) is 4.57 Å². The first-order valence-corrected chi connectivity index (χ1v) is 10.2. The highest BCUT2D eigenvalue weighted by molar-refractivity contribution is 6.22. The molecule has 5 nitrogen and oxygen atoms in total. The maximum Gasteiger partial charge on any atom is 0.281 e. The predicted molar refractivity (Wildman–Crippen MR) is 123 cm³/mol. The van der Waals surface area contributed by atoms with Crippen molar-refractivity contribution in [3.63, 3.8) is 0 Å². The number of allylic oxidation sites excluding steroid dienone is 3. The lowest BCUT2D eigenvalue weighted by Gasteiger charge is -2.22. The molecule has 6 rings (SSSR count). The minimum absolute atomic E-state index is 0.249. The fourth-order valence-electron chi connectivity index (χ4n) is 4.62. The minimum Gasteiger partial charge on any atom is -0.513 e. The van der Waals surface area contributed by atoms with Crippen molar-refractivity contribution in [2.24, 2.45) is 0 Å². The molecule has 5 heteroatoms. The van der Waals surface area contributed by atoms with Gasteiger partial charge in [0.05, 0.1) is 36.2 Å². The summed E-state index contributed by atoms with van der Waals surface area (Å²) in [5, 5.41) is 11.9. The molecule has 0 bridgehead atoms. The van der Waals surface area contributed by atoms with E-state index in [1.54, 1.807) is 13.0 Å². The van der Waals surface area contributed by atoms with Crippen molar-refractivity contribution in [3.05, 3.63) is 72.5 Å². The summed E-state index contributed by atoms with van der Waals surface area (Å²) in [6.45, 7) is 1.67. The Labute approximate surface area is 178 Å². The van der Waals surface area contributed by atoms with Crippen LogP contribution in [0.3, 0.4) is 0 Å². The van der Waals surface area contributed by atoms with E-state index in [-0.39, 0.29) is 5.76 Å². The van der Waals surface area contributed by atoms with Crippen LogP contribution in [0.4, 0.5) is 0 Å². The second kappa shape index (κ2) is 6.25. The maximum absolute atomic E-state index is 9.80. The van der Waals surface area contributed by atoms with Gasteiger partial charge >= 0.3 is 0 Å². The van der Waals surface area contributed by atoms with Crippen LogP contribution in [0.2, 0.25) is 0 Å². The predicted octanol–water partition coefficient (Wildman–Crippen LogP) is 6.14. The van der Waals surface area contributed by atoms with E-state index in [0.717, 1.165) is 61.1 Å². The van der Waals surface area contributed by atoms with E-state index in [4.69, 9.17) is 8.83 Å². The molecular weight excluding hydrogens is 388 g/mol. The van der Waals surface area contributed by atoms with Crippen molar-refractivity contribution in [3.8, 4) is 11.1 Å².